The van der Waals surface area contributed by atoms with Gasteiger partial charge in [0.05, 0.1) is 6.10 Å². The van der Waals surface area contributed by atoms with Crippen molar-refractivity contribution in [3.8, 4) is 0 Å². The third kappa shape index (κ3) is 5.85. The molecule has 17 heavy (non-hydrogen) atoms. The number of aliphatic hydroxyl groups is 1. The van der Waals surface area contributed by atoms with Crippen molar-refractivity contribution in [2.24, 2.45) is 0 Å². The van der Waals surface area contributed by atoms with Crippen LogP contribution in [-0.2, 0) is 0 Å². The first kappa shape index (κ1) is 14.2. The monoisotopic (exact) mass is 248 g/mol. The normalized spacial score (nSPS) is 14.2. The molecule has 1 atom stereocenters. The fourth-order valence-corrected chi connectivity index (χ4v) is 2.46. The van der Waals surface area contributed by atoms with E-state index < -0.39 is 8.07 Å². The van der Waals surface area contributed by atoms with Gasteiger partial charge in [-0.05, 0) is 25.0 Å². The van der Waals surface area contributed by atoms with Crippen molar-refractivity contribution in [3.63, 3.8) is 0 Å². The van der Waals surface area contributed by atoms with Gasteiger partial charge in [0.15, 0.2) is 0 Å². The van der Waals surface area contributed by atoms with Gasteiger partial charge in [0, 0.05) is 8.07 Å². The molecule has 1 rings (SSSR count). The predicted molar refractivity (Wildman–Crippen MR) is 78.0 cm³/mol. The zero-order valence-electron chi connectivity index (χ0n) is 11.4. The van der Waals surface area contributed by atoms with Crippen LogP contribution in [0.4, 0.5) is 0 Å². The molecule has 1 nitrogen and oxygen atoms in total. The van der Waals surface area contributed by atoms with Crippen LogP contribution < -0.4 is 0 Å². The lowest BCUT2D eigenvalue weighted by Gasteiger charge is -2.12. The van der Waals surface area contributed by atoms with E-state index in [-0.39, 0.29) is 6.10 Å². The van der Waals surface area contributed by atoms with Gasteiger partial charge < -0.3 is 5.11 Å². The SMILES string of the molecule is Cc1ccc([C@@H](O)C/C=C/C[Si](C)(C)C)cc1. The van der Waals surface area contributed by atoms with Crippen LogP contribution >= 0.6 is 0 Å². The van der Waals surface area contributed by atoms with Gasteiger partial charge in [-0.3, -0.25) is 0 Å². The summed E-state index contributed by atoms with van der Waals surface area (Å²) in [6, 6.07) is 9.29. The molecule has 0 spiro atoms. The van der Waals surface area contributed by atoms with E-state index in [1.54, 1.807) is 0 Å². The first-order valence-electron chi connectivity index (χ1n) is 6.28. The largest absolute Gasteiger partial charge is 0.388 e. The van der Waals surface area contributed by atoms with Gasteiger partial charge >= 0.3 is 0 Å². The number of aliphatic hydroxyl groups excluding tert-OH is 1. The molecule has 0 saturated carbocycles. The first-order valence-corrected chi connectivity index (χ1v) is 9.99. The number of rotatable bonds is 5. The molecule has 0 radical (unpaired) electrons. The molecule has 0 aromatic heterocycles. The van der Waals surface area contributed by atoms with Gasteiger partial charge in [0.1, 0.15) is 0 Å². The van der Waals surface area contributed by atoms with E-state index in [9.17, 15) is 5.11 Å². The molecule has 0 bridgehead atoms. The second-order valence-corrected chi connectivity index (χ2v) is 11.4. The van der Waals surface area contributed by atoms with Gasteiger partial charge in [0.25, 0.3) is 0 Å². The molecule has 0 fully saturated rings. The Morgan fingerprint density at radius 3 is 2.24 bits per heavy atom. The minimum atomic E-state index is -0.984. The summed E-state index contributed by atoms with van der Waals surface area (Å²) in [5.74, 6) is 0. The van der Waals surface area contributed by atoms with Crippen LogP contribution in [0.1, 0.15) is 23.7 Å². The van der Waals surface area contributed by atoms with Crippen molar-refractivity contribution in [1.82, 2.24) is 0 Å². The number of benzene rings is 1. The molecule has 0 unspecified atom stereocenters. The summed E-state index contributed by atoms with van der Waals surface area (Å²) < 4.78 is 0. The van der Waals surface area contributed by atoms with Crippen molar-refractivity contribution in [2.75, 3.05) is 0 Å². The second-order valence-electron chi connectivity index (χ2n) is 5.90. The van der Waals surface area contributed by atoms with Crippen LogP contribution in [0.5, 0.6) is 0 Å². The van der Waals surface area contributed by atoms with Crippen LogP contribution in [-0.4, -0.2) is 13.2 Å². The highest BCUT2D eigenvalue weighted by Crippen LogP contribution is 2.18. The van der Waals surface area contributed by atoms with Crippen LogP contribution in [0.3, 0.4) is 0 Å². The number of allylic oxidation sites excluding steroid dienone is 1. The Morgan fingerprint density at radius 2 is 1.71 bits per heavy atom. The van der Waals surface area contributed by atoms with Crippen LogP contribution in [0, 0.1) is 6.92 Å². The average molecular weight is 248 g/mol. The maximum absolute atomic E-state index is 10.0. The zero-order chi connectivity index (χ0) is 12.9. The number of hydrogen-bond acceptors (Lipinski definition) is 1. The molecule has 0 aliphatic carbocycles. The van der Waals surface area contributed by atoms with E-state index >= 15 is 0 Å². The summed E-state index contributed by atoms with van der Waals surface area (Å²) in [6.07, 6.45) is 4.69. The third-order valence-corrected chi connectivity index (χ3v) is 4.18. The molecule has 1 aromatic carbocycles. The van der Waals surface area contributed by atoms with Crippen molar-refractivity contribution < 1.29 is 5.11 Å². The minimum absolute atomic E-state index is 0.367. The lowest BCUT2D eigenvalue weighted by molar-refractivity contribution is 0.181. The molecule has 0 amide bonds. The van der Waals surface area contributed by atoms with E-state index in [1.165, 1.54) is 11.6 Å². The Kier molecular flexibility index (Phi) is 5.16. The van der Waals surface area contributed by atoms with Gasteiger partial charge in [-0.15, -0.1) is 0 Å². The predicted octanol–water partition coefficient (Wildman–Crippen LogP) is 4.31. The molecular weight excluding hydrogens is 224 g/mol. The molecule has 2 heteroatoms. The first-order chi connectivity index (χ1) is 7.88. The summed E-state index contributed by atoms with van der Waals surface area (Å²) >= 11 is 0. The van der Waals surface area contributed by atoms with Crippen LogP contribution in [0.25, 0.3) is 0 Å². The van der Waals surface area contributed by atoms with Gasteiger partial charge in [-0.25, -0.2) is 0 Å². The van der Waals surface area contributed by atoms with Crippen molar-refractivity contribution in [1.29, 1.82) is 0 Å². The second kappa shape index (κ2) is 6.17. The summed E-state index contributed by atoms with van der Waals surface area (Å²) in [4.78, 5) is 0. The van der Waals surface area contributed by atoms with E-state index in [0.29, 0.717) is 6.42 Å². The van der Waals surface area contributed by atoms with Gasteiger partial charge in [-0.1, -0.05) is 61.6 Å². The summed E-state index contributed by atoms with van der Waals surface area (Å²) in [6.45, 7) is 9.12. The van der Waals surface area contributed by atoms with Gasteiger partial charge in [0.2, 0.25) is 0 Å². The Labute approximate surface area is 106 Å². The van der Waals surface area contributed by atoms with E-state index in [4.69, 9.17) is 0 Å². The third-order valence-electron chi connectivity index (χ3n) is 2.72. The Morgan fingerprint density at radius 1 is 1.12 bits per heavy atom. The molecule has 0 aliphatic heterocycles. The van der Waals surface area contributed by atoms with Gasteiger partial charge in [-0.2, -0.15) is 0 Å². The lowest BCUT2D eigenvalue weighted by atomic mass is 10.1. The fraction of sp³-hybridized carbons (Fsp3) is 0.467. The molecular formula is C15H24OSi. The van der Waals surface area contributed by atoms with E-state index in [2.05, 4.69) is 38.7 Å². The molecule has 0 saturated heterocycles. The maximum atomic E-state index is 10.0. The van der Waals surface area contributed by atoms with E-state index in [1.807, 2.05) is 24.3 Å². The van der Waals surface area contributed by atoms with Crippen LogP contribution in [0.15, 0.2) is 36.4 Å². The molecule has 94 valence electrons. The molecule has 1 N–H and O–H groups in total. The molecule has 1 aromatic rings. The number of aryl methyl sites for hydroxylation is 1. The Balaban J connectivity index is 2.44. The molecule has 0 heterocycles. The van der Waals surface area contributed by atoms with E-state index in [0.717, 1.165) is 5.56 Å². The minimum Gasteiger partial charge on any atom is -0.388 e. The van der Waals surface area contributed by atoms with Crippen LogP contribution in [0.2, 0.25) is 25.7 Å². The summed E-state index contributed by atoms with van der Waals surface area (Å²) in [7, 11) is -0.984. The highest BCUT2D eigenvalue weighted by Gasteiger charge is 2.10. The highest BCUT2D eigenvalue weighted by molar-refractivity contribution is 6.76. The Bertz CT molecular complexity index is 360. The summed E-state index contributed by atoms with van der Waals surface area (Å²) in [5.41, 5.74) is 2.24. The van der Waals surface area contributed by atoms with Crippen molar-refractivity contribution in [3.05, 3.63) is 47.5 Å². The highest BCUT2D eigenvalue weighted by atomic mass is 28.3. The maximum Gasteiger partial charge on any atom is 0.0824 e. The molecule has 0 aliphatic rings. The topological polar surface area (TPSA) is 20.2 Å². The average Bonchev–Trinajstić information content (AvgIpc) is 2.24. The van der Waals surface area contributed by atoms with Crippen molar-refractivity contribution >= 4 is 8.07 Å². The number of hydrogen-bond donors (Lipinski definition) is 1. The quantitative estimate of drug-likeness (QED) is 0.608. The lowest BCUT2D eigenvalue weighted by Crippen LogP contribution is -2.17. The summed E-state index contributed by atoms with van der Waals surface area (Å²) in [5, 5.41) is 10.0. The van der Waals surface area contributed by atoms with Crippen molar-refractivity contribution in [2.45, 2.75) is 45.1 Å². The smallest absolute Gasteiger partial charge is 0.0824 e. The Hall–Kier alpha value is -0.863. The fourth-order valence-electron chi connectivity index (χ4n) is 1.59. The standard InChI is InChI=1S/C15H24OSi/c1-13-8-10-14(11-9-13)15(16)7-5-6-12-17(2,3)4/h5-6,8-11,15-16H,7,12H2,1-4H3/b6-5+/t15-/m0/s1. The zero-order valence-corrected chi connectivity index (χ0v) is 12.4.